The number of para-hydroxylation sites is 1. The Morgan fingerprint density at radius 1 is 1.04 bits per heavy atom. The van der Waals surface area contributed by atoms with Gasteiger partial charge in [-0.25, -0.2) is 8.42 Å². The van der Waals surface area contributed by atoms with E-state index in [1.807, 2.05) is 26.0 Å². The van der Waals surface area contributed by atoms with Gasteiger partial charge < -0.3 is 5.32 Å². The molecular formula is C19H24N2O3S. The Labute approximate surface area is 149 Å². The van der Waals surface area contributed by atoms with Gasteiger partial charge in [0, 0.05) is 12.1 Å². The third kappa shape index (κ3) is 5.06. The van der Waals surface area contributed by atoms with Crippen LogP contribution >= 0.6 is 0 Å². The normalized spacial score (nSPS) is 11.1. The van der Waals surface area contributed by atoms with Crippen LogP contribution in [-0.4, -0.2) is 20.9 Å². The molecule has 0 fully saturated rings. The van der Waals surface area contributed by atoms with Crippen LogP contribution in [0.15, 0.2) is 53.4 Å². The molecule has 0 aromatic heterocycles. The van der Waals surface area contributed by atoms with E-state index in [1.165, 1.54) is 12.1 Å². The van der Waals surface area contributed by atoms with Gasteiger partial charge >= 0.3 is 0 Å². The van der Waals surface area contributed by atoms with Crippen LogP contribution in [0, 0.1) is 0 Å². The summed E-state index contributed by atoms with van der Waals surface area (Å²) in [5.41, 5.74) is 1.81. The molecule has 0 aliphatic rings. The minimum Gasteiger partial charge on any atom is -0.352 e. The summed E-state index contributed by atoms with van der Waals surface area (Å²) in [5, 5.41) is 2.79. The van der Waals surface area contributed by atoms with Crippen molar-refractivity contribution in [3.8, 4) is 0 Å². The maximum Gasteiger partial charge on any atom is 0.261 e. The lowest BCUT2D eigenvalue weighted by Gasteiger charge is -2.12. The van der Waals surface area contributed by atoms with E-state index in [9.17, 15) is 13.2 Å². The SMILES string of the molecule is CCCCNC(=O)c1cccc(S(=O)(=O)Nc2ccccc2CC)c1. The Balaban J connectivity index is 2.22. The van der Waals surface area contributed by atoms with Crippen molar-refractivity contribution in [2.24, 2.45) is 0 Å². The molecule has 1 amide bonds. The Hall–Kier alpha value is -2.34. The lowest BCUT2D eigenvalue weighted by Crippen LogP contribution is -2.24. The Kier molecular flexibility index (Phi) is 6.58. The fourth-order valence-electron chi connectivity index (χ4n) is 2.42. The molecule has 2 aromatic rings. The number of amides is 1. The summed E-state index contributed by atoms with van der Waals surface area (Å²) in [5.74, 6) is -0.264. The number of carbonyl (C=O) groups excluding carboxylic acids is 1. The van der Waals surface area contributed by atoms with Crippen LogP contribution in [0.3, 0.4) is 0 Å². The summed E-state index contributed by atoms with van der Waals surface area (Å²) >= 11 is 0. The highest BCUT2D eigenvalue weighted by Crippen LogP contribution is 2.21. The summed E-state index contributed by atoms with van der Waals surface area (Å²) in [4.78, 5) is 12.2. The van der Waals surface area contributed by atoms with Gasteiger partial charge in [0.15, 0.2) is 0 Å². The third-order valence-corrected chi connectivity index (χ3v) is 5.23. The monoisotopic (exact) mass is 360 g/mol. The van der Waals surface area contributed by atoms with E-state index < -0.39 is 10.0 Å². The molecule has 0 saturated heterocycles. The summed E-state index contributed by atoms with van der Waals surface area (Å²) < 4.78 is 27.9. The predicted octanol–water partition coefficient (Wildman–Crippen LogP) is 3.58. The number of sulfonamides is 1. The summed E-state index contributed by atoms with van der Waals surface area (Å²) in [6, 6.07) is 13.4. The van der Waals surface area contributed by atoms with Crippen LogP contribution in [0.2, 0.25) is 0 Å². The van der Waals surface area contributed by atoms with E-state index in [-0.39, 0.29) is 10.8 Å². The molecule has 2 aromatic carbocycles. The Bertz CT molecular complexity index is 832. The van der Waals surface area contributed by atoms with Crippen LogP contribution in [0.4, 0.5) is 5.69 Å². The number of benzene rings is 2. The first-order valence-corrected chi connectivity index (χ1v) is 9.95. The van der Waals surface area contributed by atoms with Crippen molar-refractivity contribution < 1.29 is 13.2 Å². The van der Waals surface area contributed by atoms with Gasteiger partial charge in [0.25, 0.3) is 15.9 Å². The molecule has 0 bridgehead atoms. The molecule has 0 saturated carbocycles. The van der Waals surface area contributed by atoms with Crippen LogP contribution in [0.25, 0.3) is 0 Å². The van der Waals surface area contributed by atoms with E-state index in [1.54, 1.807) is 24.3 Å². The molecule has 6 heteroatoms. The van der Waals surface area contributed by atoms with E-state index in [0.717, 1.165) is 24.8 Å². The van der Waals surface area contributed by atoms with Gasteiger partial charge in [-0.3, -0.25) is 9.52 Å². The highest BCUT2D eigenvalue weighted by molar-refractivity contribution is 7.92. The molecule has 0 unspecified atom stereocenters. The minimum atomic E-state index is -3.76. The first-order chi connectivity index (χ1) is 12.0. The average molecular weight is 360 g/mol. The van der Waals surface area contributed by atoms with E-state index in [0.29, 0.717) is 17.8 Å². The number of carbonyl (C=O) groups is 1. The van der Waals surface area contributed by atoms with E-state index in [2.05, 4.69) is 10.0 Å². The summed E-state index contributed by atoms with van der Waals surface area (Å²) in [6.07, 6.45) is 2.59. The molecule has 0 aliphatic carbocycles. The van der Waals surface area contributed by atoms with E-state index >= 15 is 0 Å². The smallest absolute Gasteiger partial charge is 0.261 e. The quantitative estimate of drug-likeness (QED) is 0.707. The van der Waals surface area contributed by atoms with Crippen LogP contribution in [0.1, 0.15) is 42.6 Å². The van der Waals surface area contributed by atoms with Crippen LogP contribution < -0.4 is 10.0 Å². The number of hydrogen-bond acceptors (Lipinski definition) is 3. The fraction of sp³-hybridized carbons (Fsp3) is 0.316. The van der Waals surface area contributed by atoms with Crippen molar-refractivity contribution in [3.05, 3.63) is 59.7 Å². The van der Waals surface area contributed by atoms with Crippen molar-refractivity contribution in [1.29, 1.82) is 0 Å². The number of aryl methyl sites for hydroxylation is 1. The highest BCUT2D eigenvalue weighted by atomic mass is 32.2. The second-order valence-electron chi connectivity index (χ2n) is 5.75. The molecule has 0 radical (unpaired) electrons. The van der Waals surface area contributed by atoms with E-state index in [4.69, 9.17) is 0 Å². The zero-order valence-corrected chi connectivity index (χ0v) is 15.4. The molecule has 2 N–H and O–H groups in total. The van der Waals surface area contributed by atoms with Crippen molar-refractivity contribution in [3.63, 3.8) is 0 Å². The van der Waals surface area contributed by atoms with Gasteiger partial charge in [0.05, 0.1) is 10.6 Å². The number of rotatable bonds is 8. The van der Waals surface area contributed by atoms with Gasteiger partial charge in [-0.2, -0.15) is 0 Å². The Morgan fingerprint density at radius 3 is 2.52 bits per heavy atom. The average Bonchev–Trinajstić information content (AvgIpc) is 2.62. The molecule has 0 atom stereocenters. The van der Waals surface area contributed by atoms with Gasteiger partial charge in [-0.1, -0.05) is 44.5 Å². The van der Waals surface area contributed by atoms with Crippen molar-refractivity contribution in [2.75, 3.05) is 11.3 Å². The Morgan fingerprint density at radius 2 is 1.80 bits per heavy atom. The van der Waals surface area contributed by atoms with Gasteiger partial charge in [0.1, 0.15) is 0 Å². The maximum atomic E-state index is 12.7. The number of anilines is 1. The van der Waals surface area contributed by atoms with Crippen molar-refractivity contribution >= 4 is 21.6 Å². The zero-order chi connectivity index (χ0) is 18.3. The van der Waals surface area contributed by atoms with Gasteiger partial charge in [0.2, 0.25) is 0 Å². The first kappa shape index (κ1) is 19.0. The number of unbranched alkanes of at least 4 members (excludes halogenated alkanes) is 1. The lowest BCUT2D eigenvalue weighted by atomic mass is 10.1. The zero-order valence-electron chi connectivity index (χ0n) is 14.6. The van der Waals surface area contributed by atoms with Gasteiger partial charge in [-0.15, -0.1) is 0 Å². The van der Waals surface area contributed by atoms with Crippen LogP contribution in [-0.2, 0) is 16.4 Å². The molecule has 5 nitrogen and oxygen atoms in total. The fourth-order valence-corrected chi connectivity index (χ4v) is 3.56. The second-order valence-corrected chi connectivity index (χ2v) is 7.44. The summed E-state index contributed by atoms with van der Waals surface area (Å²) in [6.45, 7) is 4.59. The van der Waals surface area contributed by atoms with Gasteiger partial charge in [-0.05, 0) is 42.7 Å². The minimum absolute atomic E-state index is 0.0709. The summed E-state index contributed by atoms with van der Waals surface area (Å²) in [7, 11) is -3.76. The molecule has 25 heavy (non-hydrogen) atoms. The second kappa shape index (κ2) is 8.67. The largest absolute Gasteiger partial charge is 0.352 e. The third-order valence-electron chi connectivity index (χ3n) is 3.86. The topological polar surface area (TPSA) is 75.3 Å². The predicted molar refractivity (Wildman–Crippen MR) is 100 cm³/mol. The lowest BCUT2D eigenvalue weighted by molar-refractivity contribution is 0.0953. The first-order valence-electron chi connectivity index (χ1n) is 8.47. The molecule has 0 spiro atoms. The van der Waals surface area contributed by atoms with Crippen LogP contribution in [0.5, 0.6) is 0 Å². The molecule has 134 valence electrons. The number of nitrogens with one attached hydrogen (secondary N) is 2. The van der Waals surface area contributed by atoms with Crippen molar-refractivity contribution in [1.82, 2.24) is 5.32 Å². The van der Waals surface area contributed by atoms with Crippen molar-refractivity contribution in [2.45, 2.75) is 38.0 Å². The molecular weight excluding hydrogens is 336 g/mol. The number of hydrogen-bond donors (Lipinski definition) is 2. The highest BCUT2D eigenvalue weighted by Gasteiger charge is 2.17. The molecule has 2 rings (SSSR count). The molecule has 0 heterocycles. The maximum absolute atomic E-state index is 12.7. The standard InChI is InChI=1S/C19H24N2O3S/c1-3-5-13-20-19(22)16-10-8-11-17(14-16)25(23,24)21-18-12-7-6-9-15(18)4-2/h6-12,14,21H,3-5,13H2,1-2H3,(H,20,22). The molecule has 0 aliphatic heterocycles.